The molecule has 0 aliphatic heterocycles. The third-order valence-corrected chi connectivity index (χ3v) is 7.69. The van der Waals surface area contributed by atoms with Crippen LogP contribution in [0.4, 0.5) is 5.82 Å². The van der Waals surface area contributed by atoms with Crippen LogP contribution in [0.15, 0.2) is 49.1 Å². The topological polar surface area (TPSA) is 181 Å². The van der Waals surface area contributed by atoms with Crippen molar-refractivity contribution in [2.24, 2.45) is 5.92 Å². The van der Waals surface area contributed by atoms with Crippen molar-refractivity contribution in [3.8, 4) is 5.75 Å². The molecule has 4 rings (SSSR count). The summed E-state index contributed by atoms with van der Waals surface area (Å²) in [4.78, 5) is 35.6. The smallest absolute Gasteiger partial charge is 0.459 e. The Balaban J connectivity index is 1.48. The van der Waals surface area contributed by atoms with E-state index in [2.05, 4.69) is 20.0 Å². The van der Waals surface area contributed by atoms with Gasteiger partial charge >= 0.3 is 19.7 Å². The zero-order valence-electron chi connectivity index (χ0n) is 20.9. The van der Waals surface area contributed by atoms with E-state index in [1.165, 1.54) is 20.4 Å². The summed E-state index contributed by atoms with van der Waals surface area (Å²) in [7, 11) is -2.89. The van der Waals surface area contributed by atoms with Crippen molar-refractivity contribution >= 4 is 36.7 Å². The first kappa shape index (κ1) is 27.2. The Morgan fingerprint density at radius 3 is 2.82 bits per heavy atom. The number of para-hydroxylation sites is 1. The lowest BCUT2D eigenvalue weighted by Gasteiger charge is -2.24. The number of nitrogens with two attached hydrogens (primary N) is 1. The van der Waals surface area contributed by atoms with Gasteiger partial charge in [0.05, 0.1) is 26.1 Å². The Labute approximate surface area is 218 Å². The predicted molar refractivity (Wildman–Crippen MR) is 137 cm³/mol. The molecule has 1 unspecified atom stereocenters. The summed E-state index contributed by atoms with van der Waals surface area (Å²) >= 11 is 0. The fourth-order valence-corrected chi connectivity index (χ4v) is 5.70. The number of allylic oxidation sites excluding steroid dienone is 1. The summed E-state index contributed by atoms with van der Waals surface area (Å²) in [5.74, 6) is -1.26. The number of carbonyl (C=O) groups is 2. The molecule has 2 heterocycles. The van der Waals surface area contributed by atoms with Gasteiger partial charge < -0.3 is 24.7 Å². The third kappa shape index (κ3) is 6.36. The van der Waals surface area contributed by atoms with E-state index < -0.39 is 25.7 Å². The van der Waals surface area contributed by atoms with E-state index in [1.54, 1.807) is 30.6 Å². The molecule has 0 radical (unpaired) electrons. The van der Waals surface area contributed by atoms with Crippen molar-refractivity contribution in [2.45, 2.75) is 38.3 Å². The van der Waals surface area contributed by atoms with E-state index >= 15 is 0 Å². The molecule has 4 atom stereocenters. The minimum Gasteiger partial charge on any atom is -0.481 e. The number of fused-ring (bicyclic) bond motifs is 1. The van der Waals surface area contributed by atoms with Gasteiger partial charge in [-0.3, -0.25) is 14.1 Å². The second-order valence-corrected chi connectivity index (χ2v) is 10.5. The summed E-state index contributed by atoms with van der Waals surface area (Å²) in [5, 5.41) is 11.7. The minimum atomic E-state index is -4.11. The maximum atomic E-state index is 13.8. The van der Waals surface area contributed by atoms with E-state index in [9.17, 15) is 14.2 Å². The first-order chi connectivity index (χ1) is 18.2. The first-order valence-electron chi connectivity index (χ1n) is 11.9. The highest BCUT2D eigenvalue weighted by Gasteiger charge is 2.34. The van der Waals surface area contributed by atoms with Gasteiger partial charge in [-0.15, -0.1) is 0 Å². The van der Waals surface area contributed by atoms with Gasteiger partial charge in [-0.2, -0.15) is 5.09 Å². The van der Waals surface area contributed by atoms with Crippen molar-refractivity contribution in [1.29, 1.82) is 0 Å². The molecule has 3 aromatic rings. The molecule has 0 bridgehead atoms. The Hall–Kier alpha value is -3.80. The van der Waals surface area contributed by atoms with Gasteiger partial charge in [-0.05, 0) is 31.4 Å². The zero-order valence-corrected chi connectivity index (χ0v) is 21.8. The fourth-order valence-electron chi connectivity index (χ4n) is 4.12. The SMILES string of the molecule is COC(=O)[C@H](C)NP(=O)(OC[C@H]1C=C[C@@H](n2cnc3c(N)ncnc32)C1)Oc1ccccc1CCC(=O)O. The standard InChI is InChI=1S/C24H29N6O7P/c1-15(24(33)35-2)29-38(34,37-19-6-4-3-5-17(19)8-10-20(31)32)36-12-16-7-9-18(11-16)30-14-28-21-22(25)26-13-27-23(21)30/h3-7,9,13-16,18H,8,10-12H2,1-2H3,(H,29,34)(H,31,32)(H2,25,26,27)/t15-,16-,18+,38?/m0/s1. The van der Waals surface area contributed by atoms with Crippen LogP contribution in [0.1, 0.15) is 31.4 Å². The van der Waals surface area contributed by atoms with Crippen LogP contribution in [-0.2, 0) is 29.8 Å². The molecular weight excluding hydrogens is 515 g/mol. The molecule has 0 fully saturated rings. The number of imidazole rings is 1. The number of nitrogens with zero attached hydrogens (tertiary/aromatic N) is 4. The van der Waals surface area contributed by atoms with Crippen LogP contribution in [-0.4, -0.2) is 56.3 Å². The highest BCUT2D eigenvalue weighted by Crippen LogP contribution is 2.47. The van der Waals surface area contributed by atoms with Crippen molar-refractivity contribution in [2.75, 3.05) is 19.5 Å². The van der Waals surface area contributed by atoms with Crippen molar-refractivity contribution in [3.63, 3.8) is 0 Å². The normalized spacial score (nSPS) is 19.2. The lowest BCUT2D eigenvalue weighted by molar-refractivity contribution is -0.142. The van der Waals surface area contributed by atoms with Gasteiger partial charge in [0.1, 0.15) is 23.6 Å². The number of carboxylic acids is 1. The van der Waals surface area contributed by atoms with Gasteiger partial charge in [0, 0.05) is 12.3 Å². The molecule has 38 heavy (non-hydrogen) atoms. The lowest BCUT2D eigenvalue weighted by atomic mass is 10.1. The van der Waals surface area contributed by atoms with Crippen LogP contribution in [0.3, 0.4) is 0 Å². The molecule has 14 heteroatoms. The number of aliphatic carboxylic acids is 1. The number of nitrogens with one attached hydrogen (secondary N) is 1. The third-order valence-electron chi connectivity index (χ3n) is 6.06. The van der Waals surface area contributed by atoms with Gasteiger partial charge in [0.25, 0.3) is 0 Å². The van der Waals surface area contributed by atoms with Crippen LogP contribution in [0, 0.1) is 5.92 Å². The summed E-state index contributed by atoms with van der Waals surface area (Å²) in [5.41, 5.74) is 7.55. The summed E-state index contributed by atoms with van der Waals surface area (Å²) < 4.78 is 32.1. The molecule has 13 nitrogen and oxygen atoms in total. The molecule has 202 valence electrons. The van der Waals surface area contributed by atoms with Gasteiger partial charge in [-0.25, -0.2) is 19.5 Å². The molecule has 1 aliphatic carbocycles. The molecular formula is C24H29N6O7P. The number of hydrogen-bond donors (Lipinski definition) is 3. The largest absolute Gasteiger partial charge is 0.481 e. The highest BCUT2D eigenvalue weighted by atomic mass is 31.2. The predicted octanol–water partition coefficient (Wildman–Crippen LogP) is 2.90. The summed E-state index contributed by atoms with van der Waals surface area (Å²) in [6.45, 7) is 1.50. The average molecular weight is 545 g/mol. The Morgan fingerprint density at radius 1 is 1.26 bits per heavy atom. The van der Waals surface area contributed by atoms with Gasteiger partial charge in [0.2, 0.25) is 0 Å². The van der Waals surface area contributed by atoms with Gasteiger partial charge in [-0.1, -0.05) is 30.4 Å². The molecule has 4 N–H and O–H groups in total. The number of methoxy groups -OCH3 is 1. The minimum absolute atomic E-state index is 0.0201. The number of aryl methyl sites for hydroxylation is 1. The van der Waals surface area contributed by atoms with Crippen molar-refractivity contribution < 1.29 is 33.0 Å². The van der Waals surface area contributed by atoms with E-state index in [-0.39, 0.29) is 37.2 Å². The number of ether oxygens (including phenoxy) is 1. The summed E-state index contributed by atoms with van der Waals surface area (Å²) in [6, 6.07) is 5.57. The lowest BCUT2D eigenvalue weighted by Crippen LogP contribution is -2.35. The van der Waals surface area contributed by atoms with E-state index in [0.29, 0.717) is 29.0 Å². The van der Waals surface area contributed by atoms with Crippen LogP contribution in [0.5, 0.6) is 5.75 Å². The van der Waals surface area contributed by atoms with Crippen molar-refractivity contribution in [3.05, 3.63) is 54.6 Å². The number of nitrogen functional groups attached to an aromatic ring is 1. The number of carbonyl (C=O) groups excluding carboxylic acids is 1. The molecule has 0 spiro atoms. The first-order valence-corrected chi connectivity index (χ1v) is 13.4. The van der Waals surface area contributed by atoms with E-state index in [4.69, 9.17) is 24.6 Å². The number of esters is 1. The number of rotatable bonds is 12. The van der Waals surface area contributed by atoms with Crippen LogP contribution < -0.4 is 15.3 Å². The monoisotopic (exact) mass is 544 g/mol. The Kier molecular flexibility index (Phi) is 8.40. The second-order valence-electron chi connectivity index (χ2n) is 8.79. The average Bonchev–Trinajstić information content (AvgIpc) is 3.54. The molecule has 0 saturated carbocycles. The molecule has 1 aromatic carbocycles. The van der Waals surface area contributed by atoms with E-state index in [1.807, 2.05) is 16.7 Å². The number of hydrogen-bond acceptors (Lipinski definition) is 10. The Morgan fingerprint density at radius 2 is 2.05 bits per heavy atom. The van der Waals surface area contributed by atoms with Crippen LogP contribution in [0.25, 0.3) is 11.2 Å². The fraction of sp³-hybridized carbons (Fsp3) is 0.375. The summed E-state index contributed by atoms with van der Waals surface area (Å²) in [6.07, 6.45) is 7.59. The van der Waals surface area contributed by atoms with Crippen LogP contribution in [0.2, 0.25) is 0 Å². The maximum absolute atomic E-state index is 13.8. The molecule has 1 aliphatic rings. The number of anilines is 1. The molecule has 0 saturated heterocycles. The molecule has 0 amide bonds. The number of carboxylic acid groups (broad SMARTS) is 1. The quantitative estimate of drug-likeness (QED) is 0.173. The Bertz CT molecular complexity index is 1390. The number of benzene rings is 1. The van der Waals surface area contributed by atoms with Crippen LogP contribution >= 0.6 is 7.75 Å². The second kappa shape index (κ2) is 11.7. The molecule has 2 aromatic heterocycles. The number of aromatic nitrogens is 4. The maximum Gasteiger partial charge on any atom is 0.459 e. The van der Waals surface area contributed by atoms with Gasteiger partial charge in [0.15, 0.2) is 11.5 Å². The van der Waals surface area contributed by atoms with E-state index in [0.717, 1.165) is 0 Å². The zero-order chi connectivity index (χ0) is 27.3. The van der Waals surface area contributed by atoms with Crippen molar-refractivity contribution in [1.82, 2.24) is 24.6 Å². The highest BCUT2D eigenvalue weighted by molar-refractivity contribution is 7.52.